The number of aryl methyl sites for hydroxylation is 2. The maximum Gasteiger partial charge on any atom is 0.255 e. The van der Waals surface area contributed by atoms with Gasteiger partial charge >= 0.3 is 0 Å². The lowest BCUT2D eigenvalue weighted by molar-refractivity contribution is -0.137. The fourth-order valence-corrected chi connectivity index (χ4v) is 7.70. The number of fused-ring (bicyclic) bond motifs is 4. The van der Waals surface area contributed by atoms with Gasteiger partial charge in [0.25, 0.3) is 5.91 Å². The first kappa shape index (κ1) is 30.9. The molecule has 3 aliphatic rings. The molecule has 7 rings (SSSR count). The van der Waals surface area contributed by atoms with Crippen molar-refractivity contribution in [3.63, 3.8) is 0 Å². The van der Waals surface area contributed by atoms with E-state index in [4.69, 9.17) is 16.6 Å². The Morgan fingerprint density at radius 1 is 1.11 bits per heavy atom. The Kier molecular flexibility index (Phi) is 7.75. The molecule has 1 saturated heterocycles. The molecule has 0 bridgehead atoms. The van der Waals surface area contributed by atoms with Gasteiger partial charge in [0.2, 0.25) is 17.7 Å². The van der Waals surface area contributed by atoms with E-state index in [1.165, 1.54) is 17.0 Å². The van der Waals surface area contributed by atoms with E-state index in [-0.39, 0.29) is 54.9 Å². The zero-order valence-electron chi connectivity index (χ0n) is 25.7. The maximum atomic E-state index is 15.7. The number of hydrogen-bond acceptors (Lipinski definition) is 8. The molecule has 3 aliphatic heterocycles. The van der Waals surface area contributed by atoms with Crippen molar-refractivity contribution >= 4 is 52.3 Å². The van der Waals surface area contributed by atoms with E-state index < -0.39 is 35.6 Å². The first-order valence-corrected chi connectivity index (χ1v) is 16.3. The zero-order valence-corrected chi connectivity index (χ0v) is 27.3. The highest BCUT2D eigenvalue weighted by Crippen LogP contribution is 2.39. The summed E-state index contributed by atoms with van der Waals surface area (Å²) in [5.74, 6) is -1.23. The number of imide groups is 1. The zero-order chi connectivity index (χ0) is 33.1. The molecule has 0 saturated carbocycles. The highest BCUT2D eigenvalue weighted by Gasteiger charge is 2.40. The lowest BCUT2D eigenvalue weighted by Gasteiger charge is -2.29. The number of halogens is 2. The molecule has 2 aromatic heterocycles. The molecule has 0 radical (unpaired) electrons. The third kappa shape index (κ3) is 5.32. The topological polar surface area (TPSA) is 139 Å². The number of aliphatic imine (C=N–C) groups is 1. The number of benzene rings is 2. The molecule has 0 aliphatic carbocycles. The Hall–Kier alpha value is -4.75. The molecule has 5 heterocycles. The Morgan fingerprint density at radius 2 is 1.87 bits per heavy atom. The summed E-state index contributed by atoms with van der Waals surface area (Å²) in [6, 6.07) is 8.83. The smallest absolute Gasteiger partial charge is 0.255 e. The van der Waals surface area contributed by atoms with Crippen LogP contribution in [0.5, 0.6) is 0 Å². The third-order valence-electron chi connectivity index (χ3n) is 8.94. The second-order valence-electron chi connectivity index (χ2n) is 11.9. The predicted molar refractivity (Wildman–Crippen MR) is 172 cm³/mol. The van der Waals surface area contributed by atoms with Gasteiger partial charge in [0.05, 0.1) is 18.7 Å². The van der Waals surface area contributed by atoms with Crippen LogP contribution in [-0.2, 0) is 27.5 Å². The summed E-state index contributed by atoms with van der Waals surface area (Å²) in [5.41, 5.74) is 4.11. The van der Waals surface area contributed by atoms with Crippen molar-refractivity contribution in [2.45, 2.75) is 65.2 Å². The monoisotopic (exact) mass is 673 g/mol. The molecule has 47 heavy (non-hydrogen) atoms. The van der Waals surface area contributed by atoms with Crippen molar-refractivity contribution in [3.05, 3.63) is 97.1 Å². The molecule has 2 aromatic carbocycles. The molecule has 240 valence electrons. The predicted octanol–water partition coefficient (Wildman–Crippen LogP) is 4.41. The van der Waals surface area contributed by atoms with Crippen LogP contribution < -0.4 is 10.6 Å². The van der Waals surface area contributed by atoms with Crippen molar-refractivity contribution in [1.82, 2.24) is 30.3 Å². The van der Waals surface area contributed by atoms with Crippen LogP contribution in [0, 0.1) is 26.6 Å². The Balaban J connectivity index is 1.13. The number of carbonyl (C=O) groups excluding carboxylic acids is 4. The second kappa shape index (κ2) is 11.8. The number of hydrogen-bond donors (Lipinski definition) is 2. The number of amides is 4. The average Bonchev–Trinajstić information content (AvgIpc) is 3.65. The van der Waals surface area contributed by atoms with Gasteiger partial charge in [0, 0.05) is 50.7 Å². The van der Waals surface area contributed by atoms with Crippen molar-refractivity contribution in [1.29, 1.82) is 0 Å². The Morgan fingerprint density at radius 3 is 2.62 bits per heavy atom. The van der Waals surface area contributed by atoms with E-state index in [9.17, 15) is 19.2 Å². The molecule has 1 unspecified atom stereocenters. The number of rotatable bonds is 6. The standard InChI is InChI=1S/C33H29ClFN7O4S/c1-15-16(2)47-33-27(15)29(18-4-7-20(34)8-5-18)37-23(30-40-39-17(3)42(30)33)12-26(44)36-13-19-6-9-21-22(28(19)35)14-41(32(21)46)24-10-11-25(43)38-31(24)45/h4-9,23-24H,10-14H2,1-3H3,(H,36,44)(H,38,43,45)/t23-,24?/m0/s1. The molecule has 14 heteroatoms. The first-order valence-electron chi connectivity index (χ1n) is 15.1. The van der Waals surface area contributed by atoms with E-state index in [0.29, 0.717) is 16.7 Å². The molecule has 2 atom stereocenters. The van der Waals surface area contributed by atoms with Gasteiger partial charge < -0.3 is 10.2 Å². The summed E-state index contributed by atoms with van der Waals surface area (Å²) in [4.78, 5) is 58.0. The summed E-state index contributed by atoms with van der Waals surface area (Å²) in [6.07, 6.45) is 0.209. The van der Waals surface area contributed by atoms with Crippen molar-refractivity contribution in [2.75, 3.05) is 0 Å². The van der Waals surface area contributed by atoms with Gasteiger partial charge in [0.1, 0.15) is 28.7 Å². The van der Waals surface area contributed by atoms with Gasteiger partial charge in [-0.25, -0.2) is 4.39 Å². The lowest BCUT2D eigenvalue weighted by atomic mass is 9.99. The van der Waals surface area contributed by atoms with E-state index in [0.717, 1.165) is 32.3 Å². The van der Waals surface area contributed by atoms with Gasteiger partial charge in [0.15, 0.2) is 5.82 Å². The molecule has 4 amide bonds. The minimum Gasteiger partial charge on any atom is -0.352 e. The fourth-order valence-electron chi connectivity index (χ4n) is 6.36. The normalized spacial score (nSPS) is 18.7. The summed E-state index contributed by atoms with van der Waals surface area (Å²) in [5, 5.41) is 15.3. The number of nitrogens with one attached hydrogen (secondary N) is 2. The van der Waals surface area contributed by atoms with E-state index in [1.54, 1.807) is 23.5 Å². The summed E-state index contributed by atoms with van der Waals surface area (Å²) in [7, 11) is 0. The largest absolute Gasteiger partial charge is 0.352 e. The molecule has 2 N–H and O–H groups in total. The maximum absolute atomic E-state index is 15.7. The third-order valence-corrected chi connectivity index (χ3v) is 10.4. The van der Waals surface area contributed by atoms with Gasteiger partial charge in [-0.15, -0.1) is 21.5 Å². The van der Waals surface area contributed by atoms with Crippen LogP contribution in [-0.4, -0.2) is 55.0 Å². The van der Waals surface area contributed by atoms with Gasteiger partial charge in [-0.05, 0) is 51.0 Å². The van der Waals surface area contributed by atoms with Crippen LogP contribution in [0.3, 0.4) is 0 Å². The van der Waals surface area contributed by atoms with Crippen LogP contribution in [0.4, 0.5) is 4.39 Å². The number of aromatic nitrogens is 3. The Bertz CT molecular complexity index is 2040. The van der Waals surface area contributed by atoms with Crippen LogP contribution in [0.15, 0.2) is 41.4 Å². The lowest BCUT2D eigenvalue weighted by Crippen LogP contribution is -2.52. The highest BCUT2D eigenvalue weighted by atomic mass is 35.5. The van der Waals surface area contributed by atoms with Crippen LogP contribution >= 0.6 is 22.9 Å². The molecule has 0 spiro atoms. The SMILES string of the molecule is Cc1sc2c(c1C)C(c1ccc(Cl)cc1)=N[C@@H](CC(=O)NCc1ccc3c(c1F)CN(C1CCC(=O)NC1=O)C3=O)c1nnc(C)n1-2. The molecule has 11 nitrogen and oxygen atoms in total. The molecular weight excluding hydrogens is 645 g/mol. The van der Waals surface area contributed by atoms with E-state index in [1.807, 2.05) is 30.5 Å². The highest BCUT2D eigenvalue weighted by molar-refractivity contribution is 7.15. The van der Waals surface area contributed by atoms with Crippen molar-refractivity contribution < 1.29 is 23.6 Å². The minimum absolute atomic E-state index is 0.0729. The summed E-state index contributed by atoms with van der Waals surface area (Å²) in [6.45, 7) is 5.74. The molecule has 4 aromatic rings. The van der Waals surface area contributed by atoms with Crippen LogP contribution in [0.25, 0.3) is 5.00 Å². The van der Waals surface area contributed by atoms with Gasteiger partial charge in [-0.2, -0.15) is 0 Å². The van der Waals surface area contributed by atoms with Crippen molar-refractivity contribution in [3.8, 4) is 5.00 Å². The second-order valence-corrected chi connectivity index (χ2v) is 13.5. The minimum atomic E-state index is -0.851. The summed E-state index contributed by atoms with van der Waals surface area (Å²) < 4.78 is 17.7. The van der Waals surface area contributed by atoms with E-state index >= 15 is 4.39 Å². The van der Waals surface area contributed by atoms with E-state index in [2.05, 4.69) is 27.8 Å². The fraction of sp³-hybridized carbons (Fsp3) is 0.303. The quantitative estimate of drug-likeness (QED) is 0.291. The number of nitrogens with zero attached hydrogens (tertiary/aromatic N) is 5. The van der Waals surface area contributed by atoms with Gasteiger partial charge in [-0.1, -0.05) is 29.8 Å². The first-order chi connectivity index (χ1) is 22.5. The number of carbonyl (C=O) groups is 4. The number of thiophene rings is 1. The Labute approximate surface area is 277 Å². The van der Waals surface area contributed by atoms with Crippen LogP contribution in [0.1, 0.15) is 80.0 Å². The summed E-state index contributed by atoms with van der Waals surface area (Å²) >= 11 is 7.81. The van der Waals surface area contributed by atoms with Gasteiger partial charge in [-0.3, -0.25) is 34.1 Å². The van der Waals surface area contributed by atoms with Crippen molar-refractivity contribution in [2.24, 2.45) is 4.99 Å². The molecular formula is C33H29ClFN7O4S. The average molecular weight is 674 g/mol. The number of piperidine rings is 1. The van der Waals surface area contributed by atoms with Crippen LogP contribution in [0.2, 0.25) is 5.02 Å². The molecule has 1 fully saturated rings.